The van der Waals surface area contributed by atoms with Crippen LogP contribution in [0.5, 0.6) is 0 Å². The number of allylic oxidation sites excluding steroid dienone is 2. The number of aliphatic hydroxyl groups excluding tert-OH is 1. The highest BCUT2D eigenvalue weighted by Gasteiger charge is 2.45. The third kappa shape index (κ3) is 21.6. The second-order valence-corrected chi connectivity index (χ2v) is 25.6. The number of hydrogen-bond acceptors (Lipinski definition) is 13. The monoisotopic (exact) mass is 1220 g/mol. The first-order valence-corrected chi connectivity index (χ1v) is 30.2. The van der Waals surface area contributed by atoms with Gasteiger partial charge in [-0.2, -0.15) is 0 Å². The molecule has 1 fully saturated rings. The largest absolute Gasteiger partial charge is 0.390 e. The Hall–Kier alpha value is -6.66. The molecule has 0 bridgehead atoms. The SMILES string of the molecule is C/C=C/C[C@@H](C)[C@@H](O)C1C(=O)N[C@H](CCC)C(=O)N(C)CC(=O)N(C)[C@@H](CC(C)C)C(=O)N[C@H](C(C)C)C(=O)N(C)[C@@H](CC(C)C)C(=O)N[C@H](C)C(=O)NC(C(=O)N(C)C)C(=O)N(C)CC(=O)N(C)[C@@H](CC(C)C)C(=O)N(C)[C@H](C(C)C)C(=O)N1C. The summed E-state index contributed by atoms with van der Waals surface area (Å²) in [4.78, 5) is 182. The summed E-state index contributed by atoms with van der Waals surface area (Å²) in [7, 11) is 12.2. The molecule has 0 aromatic heterocycles. The highest BCUT2D eigenvalue weighted by Crippen LogP contribution is 2.24. The fourth-order valence-corrected chi connectivity index (χ4v) is 10.3. The smallest absolute Gasteiger partial charge is 0.255 e. The molecule has 1 aliphatic rings. The zero-order valence-corrected chi connectivity index (χ0v) is 56.0. The normalized spacial score (nSPS) is 25.7. The minimum Gasteiger partial charge on any atom is -0.390 e. The van der Waals surface area contributed by atoms with Gasteiger partial charge in [-0.25, -0.2) is 0 Å². The van der Waals surface area contributed by atoms with Gasteiger partial charge in [0, 0.05) is 63.4 Å². The van der Waals surface area contributed by atoms with Crippen LogP contribution in [-0.2, 0) is 57.5 Å². The molecular weight excluding hydrogens is 1110 g/mol. The number of nitrogens with zero attached hydrogens (tertiary/aromatic N) is 8. The van der Waals surface area contributed by atoms with Crippen molar-refractivity contribution in [2.24, 2.45) is 35.5 Å². The van der Waals surface area contributed by atoms with Crippen LogP contribution in [0, 0.1) is 35.5 Å². The Morgan fingerprint density at radius 1 is 0.547 bits per heavy atom. The minimum atomic E-state index is -1.90. The Balaban J connectivity index is 4.34. The van der Waals surface area contributed by atoms with Crippen molar-refractivity contribution < 1.29 is 62.6 Å². The summed E-state index contributed by atoms with van der Waals surface area (Å²) in [6.45, 7) is 23.1. The van der Waals surface area contributed by atoms with E-state index in [1.807, 2.05) is 41.5 Å². The predicted molar refractivity (Wildman–Crippen MR) is 328 cm³/mol. The average molecular weight is 1220 g/mol. The van der Waals surface area contributed by atoms with Crippen LogP contribution < -0.4 is 21.3 Å². The maximum atomic E-state index is 15.1. The number of amides is 12. The quantitative estimate of drug-likeness (QED) is 0.114. The summed E-state index contributed by atoms with van der Waals surface area (Å²) in [5, 5.41) is 22.7. The average Bonchev–Trinajstić information content (AvgIpc) is 1.53. The topological polar surface area (TPSA) is 299 Å². The molecule has 1 saturated heterocycles. The van der Waals surface area contributed by atoms with Crippen molar-refractivity contribution in [3.8, 4) is 0 Å². The summed E-state index contributed by atoms with van der Waals surface area (Å²) < 4.78 is 0. The van der Waals surface area contributed by atoms with Crippen LogP contribution in [-0.4, -0.2) is 252 Å². The first-order valence-electron chi connectivity index (χ1n) is 30.2. The second-order valence-electron chi connectivity index (χ2n) is 25.6. The molecule has 25 heteroatoms. The van der Waals surface area contributed by atoms with Crippen LogP contribution in [0.15, 0.2) is 12.2 Å². The van der Waals surface area contributed by atoms with Gasteiger partial charge in [-0.3, -0.25) is 57.5 Å². The number of carbonyl (C=O) groups is 12. The third-order valence-corrected chi connectivity index (χ3v) is 15.7. The lowest BCUT2D eigenvalue weighted by Gasteiger charge is -2.41. The number of likely N-dealkylation sites (N-methyl/N-ethyl adjacent to an activating group) is 8. The van der Waals surface area contributed by atoms with Crippen LogP contribution in [0.4, 0.5) is 0 Å². The standard InChI is InChI=1S/C61H108N12O13/c1-24-26-28-39(13)51(76)50-55(80)63-41(27-25-2)56(81)67(17)32-45(74)69(19)42(29-34(3)4)54(79)64-47(37(9)10)60(85)71(21)43(30-35(5)6)53(78)62-40(14)52(77)65-48(58(83)66(15)16)59(84)68(18)33-46(75)70(20)44(31-36(7)8)57(82)72(22)49(38(11)12)61(86)73(50)23/h24,26,34-44,47-51,76H,25,27-33H2,1-23H3,(H,62,78)(H,63,80)(H,64,79)(H,65,77)/b26-24+/t39-,40-,41-,42+,43+,44+,47-,48?,49-,50?,51-/m1/s1. The molecule has 490 valence electrons. The van der Waals surface area contributed by atoms with E-state index >= 15 is 4.79 Å². The maximum absolute atomic E-state index is 15.1. The zero-order valence-electron chi connectivity index (χ0n) is 56.0. The molecule has 5 N–H and O–H groups in total. The summed E-state index contributed by atoms with van der Waals surface area (Å²) in [6, 6.07) is -12.3. The molecule has 0 radical (unpaired) electrons. The van der Waals surface area contributed by atoms with Crippen molar-refractivity contribution in [2.75, 3.05) is 76.5 Å². The van der Waals surface area contributed by atoms with E-state index < -0.39 is 162 Å². The van der Waals surface area contributed by atoms with E-state index in [1.54, 1.807) is 60.6 Å². The van der Waals surface area contributed by atoms with Crippen molar-refractivity contribution in [3.63, 3.8) is 0 Å². The van der Waals surface area contributed by atoms with Crippen molar-refractivity contribution in [2.45, 2.75) is 196 Å². The lowest BCUT2D eigenvalue weighted by atomic mass is 9.91. The van der Waals surface area contributed by atoms with E-state index in [4.69, 9.17) is 0 Å². The second kappa shape index (κ2) is 35.2. The number of hydrogen-bond donors (Lipinski definition) is 5. The lowest BCUT2D eigenvalue weighted by Crippen LogP contribution is -2.63. The number of nitrogens with one attached hydrogen (secondary N) is 4. The number of aliphatic hydroxyl groups is 1. The highest BCUT2D eigenvalue weighted by molar-refractivity contribution is 6.08. The van der Waals surface area contributed by atoms with E-state index in [0.717, 1.165) is 24.5 Å². The van der Waals surface area contributed by atoms with Gasteiger partial charge in [0.2, 0.25) is 59.1 Å². The zero-order chi connectivity index (χ0) is 66.7. The molecule has 0 aromatic carbocycles. The van der Waals surface area contributed by atoms with Crippen LogP contribution in [0.2, 0.25) is 0 Å². The molecule has 12 amide bonds. The van der Waals surface area contributed by atoms with E-state index in [2.05, 4.69) is 21.3 Å². The Labute approximate surface area is 512 Å². The maximum Gasteiger partial charge on any atom is 0.255 e. The van der Waals surface area contributed by atoms with Crippen molar-refractivity contribution in [1.82, 2.24) is 60.5 Å². The minimum absolute atomic E-state index is 0.0762. The first kappa shape index (κ1) is 77.4. The molecule has 86 heavy (non-hydrogen) atoms. The molecule has 1 heterocycles. The van der Waals surface area contributed by atoms with Crippen molar-refractivity contribution in [3.05, 3.63) is 12.2 Å². The van der Waals surface area contributed by atoms with Gasteiger partial charge >= 0.3 is 0 Å². The summed E-state index contributed by atoms with van der Waals surface area (Å²) in [6.07, 6.45) is 3.10. The molecule has 0 aliphatic carbocycles. The fourth-order valence-electron chi connectivity index (χ4n) is 10.3. The number of rotatable bonds is 15. The van der Waals surface area contributed by atoms with Gasteiger partial charge in [0.05, 0.1) is 19.2 Å². The van der Waals surface area contributed by atoms with E-state index in [9.17, 15) is 57.8 Å². The van der Waals surface area contributed by atoms with Crippen LogP contribution in [0.3, 0.4) is 0 Å². The summed E-state index contributed by atoms with van der Waals surface area (Å²) in [5.41, 5.74) is 0. The molecule has 0 aromatic rings. The highest BCUT2D eigenvalue weighted by atomic mass is 16.3. The summed E-state index contributed by atoms with van der Waals surface area (Å²) >= 11 is 0. The molecule has 0 spiro atoms. The summed E-state index contributed by atoms with van der Waals surface area (Å²) in [5.74, 6) is -11.7. The Morgan fingerprint density at radius 2 is 1.00 bits per heavy atom. The Kier molecular flexibility index (Phi) is 31.7. The van der Waals surface area contributed by atoms with Gasteiger partial charge < -0.3 is 65.6 Å². The van der Waals surface area contributed by atoms with E-state index in [0.29, 0.717) is 12.8 Å². The molecular formula is C61H108N12O13. The molecule has 0 saturated carbocycles. The third-order valence-electron chi connectivity index (χ3n) is 15.7. The fraction of sp³-hybridized carbons (Fsp3) is 0.770. The first-order chi connectivity index (χ1) is 39.7. The van der Waals surface area contributed by atoms with Crippen LogP contribution in [0.25, 0.3) is 0 Å². The van der Waals surface area contributed by atoms with Gasteiger partial charge in [0.1, 0.15) is 48.3 Å². The van der Waals surface area contributed by atoms with Crippen LogP contribution >= 0.6 is 0 Å². The molecule has 1 rings (SSSR count). The van der Waals surface area contributed by atoms with Crippen molar-refractivity contribution in [1.29, 1.82) is 0 Å². The van der Waals surface area contributed by atoms with E-state index in [-0.39, 0.29) is 43.4 Å². The Morgan fingerprint density at radius 3 is 1.45 bits per heavy atom. The molecule has 11 atom stereocenters. The van der Waals surface area contributed by atoms with Gasteiger partial charge in [-0.15, -0.1) is 0 Å². The van der Waals surface area contributed by atoms with Gasteiger partial charge in [0.15, 0.2) is 6.04 Å². The Bertz CT molecular complexity index is 2400. The van der Waals surface area contributed by atoms with Gasteiger partial charge in [0.25, 0.3) is 11.8 Å². The van der Waals surface area contributed by atoms with Gasteiger partial charge in [-0.05, 0) is 81.5 Å². The number of carbonyl (C=O) groups excluding carboxylic acids is 12. The lowest BCUT2D eigenvalue weighted by molar-refractivity contribution is -0.156. The van der Waals surface area contributed by atoms with Crippen molar-refractivity contribution >= 4 is 70.9 Å². The molecule has 2 unspecified atom stereocenters. The van der Waals surface area contributed by atoms with Gasteiger partial charge in [-0.1, -0.05) is 102 Å². The predicted octanol–water partition coefficient (Wildman–Crippen LogP) is 1.31. The van der Waals surface area contributed by atoms with E-state index in [1.165, 1.54) is 85.1 Å². The molecule has 25 nitrogen and oxygen atoms in total. The van der Waals surface area contributed by atoms with Crippen LogP contribution in [0.1, 0.15) is 135 Å². The molecule has 1 aliphatic heterocycles.